The van der Waals surface area contributed by atoms with E-state index in [0.717, 1.165) is 5.56 Å². The van der Waals surface area contributed by atoms with Gasteiger partial charge in [-0.2, -0.15) is 0 Å². The van der Waals surface area contributed by atoms with Crippen LogP contribution in [0, 0.1) is 5.92 Å². The number of hydrogen-bond acceptors (Lipinski definition) is 3. The molecular weight excluding hydrogens is 266 g/mol. The number of carbonyl (C=O) groups excluding carboxylic acids is 1. The van der Waals surface area contributed by atoms with E-state index in [1.54, 1.807) is 4.90 Å². The smallest absolute Gasteiger partial charge is 0.410 e. The third kappa shape index (κ3) is 3.97. The molecule has 1 heterocycles. The van der Waals surface area contributed by atoms with E-state index >= 15 is 0 Å². The quantitative estimate of drug-likeness (QED) is 0.863. The fraction of sp³-hybridized carbons (Fsp3) is 0.588. The van der Waals surface area contributed by atoms with Crippen LogP contribution in [0.2, 0.25) is 0 Å². The highest BCUT2D eigenvalue weighted by Gasteiger charge is 2.37. The molecule has 1 aliphatic rings. The highest BCUT2D eigenvalue weighted by atomic mass is 16.6. The van der Waals surface area contributed by atoms with E-state index in [4.69, 9.17) is 4.74 Å². The van der Waals surface area contributed by atoms with Gasteiger partial charge >= 0.3 is 6.09 Å². The topological polar surface area (TPSA) is 49.8 Å². The van der Waals surface area contributed by atoms with Gasteiger partial charge < -0.3 is 14.7 Å². The van der Waals surface area contributed by atoms with Gasteiger partial charge in [0.05, 0.1) is 12.1 Å². The van der Waals surface area contributed by atoms with Gasteiger partial charge in [0.25, 0.3) is 0 Å². The Balaban J connectivity index is 2.24. The van der Waals surface area contributed by atoms with Gasteiger partial charge in [-0.25, -0.2) is 4.79 Å². The Labute approximate surface area is 126 Å². The van der Waals surface area contributed by atoms with Crippen LogP contribution in [0.5, 0.6) is 0 Å². The second-order valence-electron chi connectivity index (χ2n) is 6.84. The SMILES string of the molecule is CC1CN(C(=O)OC(C)(C)C)C(c2ccccc2)CC1O. The molecule has 0 aliphatic carbocycles. The summed E-state index contributed by atoms with van der Waals surface area (Å²) in [5, 5.41) is 10.2. The molecule has 4 nitrogen and oxygen atoms in total. The molecule has 4 heteroatoms. The Morgan fingerprint density at radius 3 is 2.48 bits per heavy atom. The molecule has 0 aromatic heterocycles. The number of nitrogens with zero attached hydrogens (tertiary/aromatic N) is 1. The number of aliphatic hydroxyl groups excluding tert-OH is 1. The fourth-order valence-electron chi connectivity index (χ4n) is 2.66. The third-order valence-corrected chi connectivity index (χ3v) is 3.79. The van der Waals surface area contributed by atoms with Gasteiger partial charge in [0.1, 0.15) is 5.60 Å². The van der Waals surface area contributed by atoms with Gasteiger partial charge in [0.2, 0.25) is 0 Å². The van der Waals surface area contributed by atoms with Crippen molar-refractivity contribution in [3.05, 3.63) is 35.9 Å². The second kappa shape index (κ2) is 6.06. The van der Waals surface area contributed by atoms with Gasteiger partial charge in [0, 0.05) is 6.54 Å². The van der Waals surface area contributed by atoms with Crippen molar-refractivity contribution in [3.8, 4) is 0 Å². The van der Waals surface area contributed by atoms with Crippen molar-refractivity contribution in [2.45, 2.75) is 51.9 Å². The minimum atomic E-state index is -0.516. The van der Waals surface area contributed by atoms with Crippen LogP contribution < -0.4 is 0 Å². The Kier molecular flexibility index (Phi) is 4.57. The minimum absolute atomic E-state index is 0.0532. The molecule has 3 atom stereocenters. The summed E-state index contributed by atoms with van der Waals surface area (Å²) in [6, 6.07) is 9.70. The van der Waals surface area contributed by atoms with Gasteiger partial charge in [-0.15, -0.1) is 0 Å². The first-order valence-electron chi connectivity index (χ1n) is 7.50. The zero-order chi connectivity index (χ0) is 15.6. The van der Waals surface area contributed by atoms with E-state index in [2.05, 4.69) is 0 Å². The number of carbonyl (C=O) groups is 1. The van der Waals surface area contributed by atoms with Gasteiger partial charge in [-0.3, -0.25) is 0 Å². The van der Waals surface area contributed by atoms with Crippen LogP contribution in [0.25, 0.3) is 0 Å². The van der Waals surface area contributed by atoms with Crippen molar-refractivity contribution in [2.75, 3.05) is 6.54 Å². The first kappa shape index (κ1) is 15.8. The van der Waals surface area contributed by atoms with E-state index in [1.165, 1.54) is 0 Å². The number of ether oxygens (including phenoxy) is 1. The van der Waals surface area contributed by atoms with Crippen LogP contribution in [0.4, 0.5) is 4.79 Å². The minimum Gasteiger partial charge on any atom is -0.444 e. The highest BCUT2D eigenvalue weighted by Crippen LogP contribution is 2.34. The van der Waals surface area contributed by atoms with Gasteiger partial charge in [-0.1, -0.05) is 37.3 Å². The molecule has 116 valence electrons. The summed E-state index contributed by atoms with van der Waals surface area (Å²) in [5.41, 5.74) is 0.520. The Hall–Kier alpha value is -1.55. The van der Waals surface area contributed by atoms with E-state index < -0.39 is 11.7 Å². The highest BCUT2D eigenvalue weighted by molar-refractivity contribution is 5.69. The lowest BCUT2D eigenvalue weighted by Gasteiger charge is -2.41. The largest absolute Gasteiger partial charge is 0.444 e. The van der Waals surface area contributed by atoms with Crippen LogP contribution in [-0.2, 0) is 4.74 Å². The number of piperidine rings is 1. The second-order valence-corrected chi connectivity index (χ2v) is 6.84. The number of benzene rings is 1. The molecule has 0 radical (unpaired) electrons. The normalized spacial score (nSPS) is 26.5. The summed E-state index contributed by atoms with van der Waals surface area (Å²) in [6.07, 6.45) is -0.159. The molecule has 0 bridgehead atoms. The maximum absolute atomic E-state index is 12.5. The van der Waals surface area contributed by atoms with Crippen LogP contribution >= 0.6 is 0 Å². The van der Waals surface area contributed by atoms with Crippen molar-refractivity contribution in [2.24, 2.45) is 5.92 Å². The molecule has 1 aliphatic heterocycles. The van der Waals surface area contributed by atoms with Crippen LogP contribution in [-0.4, -0.2) is 34.3 Å². The number of rotatable bonds is 1. The third-order valence-electron chi connectivity index (χ3n) is 3.79. The molecule has 3 unspecified atom stereocenters. The summed E-state index contributed by atoms with van der Waals surface area (Å²) in [7, 11) is 0. The average Bonchev–Trinajstić information content (AvgIpc) is 2.40. The van der Waals surface area contributed by atoms with E-state index in [1.807, 2.05) is 58.0 Å². The fourth-order valence-corrected chi connectivity index (χ4v) is 2.66. The van der Waals surface area contributed by atoms with Crippen molar-refractivity contribution in [3.63, 3.8) is 0 Å². The standard InChI is InChI=1S/C17H25NO3/c1-12-11-18(16(20)21-17(2,3)4)14(10-15(12)19)13-8-6-5-7-9-13/h5-9,12,14-15,19H,10-11H2,1-4H3. The maximum atomic E-state index is 12.5. The molecule has 2 rings (SSSR count). The summed E-state index contributed by atoms with van der Waals surface area (Å²) >= 11 is 0. The van der Waals surface area contributed by atoms with Gasteiger partial charge in [-0.05, 0) is 38.7 Å². The molecule has 1 aromatic carbocycles. The van der Waals surface area contributed by atoms with Crippen molar-refractivity contribution in [1.29, 1.82) is 0 Å². The zero-order valence-electron chi connectivity index (χ0n) is 13.2. The van der Waals surface area contributed by atoms with Crippen LogP contribution in [0.1, 0.15) is 45.7 Å². The van der Waals surface area contributed by atoms with E-state index in [9.17, 15) is 9.90 Å². The van der Waals surface area contributed by atoms with Crippen molar-refractivity contribution < 1.29 is 14.6 Å². The molecule has 1 amide bonds. The lowest BCUT2D eigenvalue weighted by molar-refractivity contribution is -0.0271. The summed E-state index contributed by atoms with van der Waals surface area (Å²) in [6.45, 7) is 8.07. The molecule has 21 heavy (non-hydrogen) atoms. The van der Waals surface area contributed by atoms with E-state index in [0.29, 0.717) is 13.0 Å². The van der Waals surface area contributed by atoms with Crippen molar-refractivity contribution >= 4 is 6.09 Å². The molecule has 1 aromatic rings. The number of amides is 1. The zero-order valence-corrected chi connectivity index (χ0v) is 13.2. The Bertz CT molecular complexity index is 481. The number of likely N-dealkylation sites (tertiary alicyclic amines) is 1. The summed E-state index contributed by atoms with van der Waals surface area (Å²) < 4.78 is 5.52. The summed E-state index contributed by atoms with van der Waals surface area (Å²) in [5.74, 6) is 0.0532. The summed E-state index contributed by atoms with van der Waals surface area (Å²) in [4.78, 5) is 14.2. The molecule has 1 saturated heterocycles. The lowest BCUT2D eigenvalue weighted by atomic mass is 9.88. The van der Waals surface area contributed by atoms with Crippen molar-refractivity contribution in [1.82, 2.24) is 4.90 Å². The lowest BCUT2D eigenvalue weighted by Crippen LogP contribution is -2.48. The average molecular weight is 291 g/mol. The van der Waals surface area contributed by atoms with Crippen LogP contribution in [0.3, 0.4) is 0 Å². The maximum Gasteiger partial charge on any atom is 0.410 e. The molecule has 0 spiro atoms. The Morgan fingerprint density at radius 2 is 1.90 bits per heavy atom. The molecule has 1 N–H and O–H groups in total. The van der Waals surface area contributed by atoms with Gasteiger partial charge in [0.15, 0.2) is 0 Å². The molecular formula is C17H25NO3. The molecule has 0 saturated carbocycles. The Morgan fingerprint density at radius 1 is 1.29 bits per heavy atom. The molecule has 1 fully saturated rings. The monoisotopic (exact) mass is 291 g/mol. The number of aliphatic hydroxyl groups is 1. The predicted octanol–water partition coefficient (Wildman–Crippen LogP) is 3.37. The number of hydrogen-bond donors (Lipinski definition) is 1. The van der Waals surface area contributed by atoms with Crippen LogP contribution in [0.15, 0.2) is 30.3 Å². The van der Waals surface area contributed by atoms with E-state index in [-0.39, 0.29) is 18.1 Å². The predicted molar refractivity (Wildman–Crippen MR) is 81.9 cm³/mol. The first-order chi connectivity index (χ1) is 9.78. The first-order valence-corrected chi connectivity index (χ1v) is 7.50.